The molecule has 1 aliphatic rings. The molecular formula is C56H106O10. The predicted molar refractivity (Wildman–Crippen MR) is 270 cm³/mol. The fourth-order valence-corrected chi connectivity index (χ4v) is 8.95. The van der Waals surface area contributed by atoms with Gasteiger partial charge < -0.3 is 39.4 Å². The highest BCUT2D eigenvalue weighted by molar-refractivity contribution is 5.70. The van der Waals surface area contributed by atoms with Crippen molar-refractivity contribution in [1.82, 2.24) is 0 Å². The number of aliphatic hydroxyl groups excluding tert-OH is 4. The maximum absolute atomic E-state index is 12.9. The first-order valence-electron chi connectivity index (χ1n) is 28.3. The van der Waals surface area contributed by atoms with Crippen molar-refractivity contribution in [1.29, 1.82) is 0 Å². The summed E-state index contributed by atoms with van der Waals surface area (Å²) in [5, 5.41) is 40.3. The molecule has 0 bridgehead atoms. The van der Waals surface area contributed by atoms with E-state index < -0.39 is 49.4 Å². The highest BCUT2D eigenvalue weighted by atomic mass is 16.7. The van der Waals surface area contributed by atoms with E-state index in [1.165, 1.54) is 205 Å². The number of hydrogen-bond donors (Lipinski definition) is 4. The van der Waals surface area contributed by atoms with Crippen LogP contribution in [-0.4, -0.2) is 89.0 Å². The third-order valence-electron chi connectivity index (χ3n) is 13.4. The lowest BCUT2D eigenvalue weighted by Gasteiger charge is -2.39. The van der Waals surface area contributed by atoms with Crippen molar-refractivity contribution in [2.75, 3.05) is 19.8 Å². The van der Waals surface area contributed by atoms with E-state index in [1.54, 1.807) is 0 Å². The van der Waals surface area contributed by atoms with Crippen LogP contribution in [0.2, 0.25) is 0 Å². The summed E-state index contributed by atoms with van der Waals surface area (Å²) in [5.74, 6) is -0.788. The van der Waals surface area contributed by atoms with Gasteiger partial charge in [-0.05, 0) is 38.5 Å². The van der Waals surface area contributed by atoms with Crippen molar-refractivity contribution < 1.29 is 49.0 Å². The molecule has 1 saturated heterocycles. The predicted octanol–water partition coefficient (Wildman–Crippen LogP) is 13.8. The molecule has 0 radical (unpaired) electrons. The highest BCUT2D eigenvalue weighted by Crippen LogP contribution is 2.23. The molecule has 6 atom stereocenters. The highest BCUT2D eigenvalue weighted by Gasteiger charge is 2.44. The topological polar surface area (TPSA) is 152 Å². The van der Waals surface area contributed by atoms with Crippen molar-refractivity contribution in [3.05, 3.63) is 12.2 Å². The Morgan fingerprint density at radius 2 is 0.803 bits per heavy atom. The van der Waals surface area contributed by atoms with Gasteiger partial charge in [0.2, 0.25) is 0 Å². The molecule has 1 fully saturated rings. The van der Waals surface area contributed by atoms with Crippen molar-refractivity contribution in [2.45, 2.75) is 314 Å². The Morgan fingerprint density at radius 3 is 1.18 bits per heavy atom. The Balaban J connectivity index is 2.20. The van der Waals surface area contributed by atoms with Crippen molar-refractivity contribution in [3.8, 4) is 0 Å². The molecule has 0 spiro atoms. The zero-order valence-corrected chi connectivity index (χ0v) is 43.0. The Kier molecular flexibility index (Phi) is 44.6. The maximum atomic E-state index is 12.9. The Labute approximate surface area is 405 Å². The molecule has 0 aromatic carbocycles. The number of ether oxygens (including phenoxy) is 4. The van der Waals surface area contributed by atoms with Gasteiger partial charge in [0.15, 0.2) is 12.4 Å². The molecule has 6 unspecified atom stereocenters. The summed E-state index contributed by atoms with van der Waals surface area (Å²) in [4.78, 5) is 25.5. The molecule has 10 nitrogen and oxygen atoms in total. The summed E-state index contributed by atoms with van der Waals surface area (Å²) in [6.07, 6.45) is 46.5. The molecule has 1 heterocycles. The molecule has 0 aliphatic carbocycles. The lowest BCUT2D eigenvalue weighted by molar-refractivity contribution is -0.305. The molecular weight excluding hydrogens is 833 g/mol. The molecule has 4 N–H and O–H groups in total. The van der Waals surface area contributed by atoms with E-state index >= 15 is 0 Å². The summed E-state index contributed by atoms with van der Waals surface area (Å²) in [7, 11) is 0. The number of allylic oxidation sites excluding steroid dienone is 2. The smallest absolute Gasteiger partial charge is 0.306 e. The van der Waals surface area contributed by atoms with Crippen LogP contribution in [0.3, 0.4) is 0 Å². The average molecular weight is 939 g/mol. The molecule has 1 rings (SSSR count). The van der Waals surface area contributed by atoms with Crippen LogP contribution in [0.15, 0.2) is 12.2 Å². The maximum Gasteiger partial charge on any atom is 0.306 e. The normalized spacial score (nSPS) is 19.2. The minimum absolute atomic E-state index is 0.211. The van der Waals surface area contributed by atoms with Gasteiger partial charge in [-0.25, -0.2) is 0 Å². The number of carbonyl (C=O) groups is 2. The molecule has 0 amide bonds. The summed E-state index contributed by atoms with van der Waals surface area (Å²) < 4.78 is 22.3. The zero-order valence-electron chi connectivity index (χ0n) is 43.0. The summed E-state index contributed by atoms with van der Waals surface area (Å²) in [6, 6.07) is 0. The first-order chi connectivity index (χ1) is 32.3. The third kappa shape index (κ3) is 37.3. The second-order valence-corrected chi connectivity index (χ2v) is 19.7. The van der Waals surface area contributed by atoms with Crippen molar-refractivity contribution in [3.63, 3.8) is 0 Å². The Hall–Kier alpha value is -1.56. The van der Waals surface area contributed by atoms with Gasteiger partial charge in [-0.1, -0.05) is 238 Å². The van der Waals surface area contributed by atoms with Gasteiger partial charge in [0, 0.05) is 12.8 Å². The van der Waals surface area contributed by atoms with Crippen LogP contribution in [0.1, 0.15) is 277 Å². The number of esters is 2. The lowest BCUT2D eigenvalue weighted by atomic mass is 9.99. The second kappa shape index (κ2) is 47.1. The number of carbonyl (C=O) groups excluding carboxylic acids is 2. The minimum Gasteiger partial charge on any atom is -0.462 e. The van der Waals surface area contributed by atoms with Gasteiger partial charge in [0.1, 0.15) is 31.0 Å². The molecule has 10 heteroatoms. The molecule has 66 heavy (non-hydrogen) atoms. The first kappa shape index (κ1) is 62.5. The van der Waals surface area contributed by atoms with Crippen LogP contribution in [0.4, 0.5) is 0 Å². The minimum atomic E-state index is -1.59. The van der Waals surface area contributed by atoms with E-state index in [-0.39, 0.29) is 32.0 Å². The van der Waals surface area contributed by atoms with E-state index in [0.29, 0.717) is 6.42 Å². The second-order valence-electron chi connectivity index (χ2n) is 19.7. The zero-order chi connectivity index (χ0) is 48.0. The third-order valence-corrected chi connectivity index (χ3v) is 13.4. The molecule has 0 aromatic rings. The van der Waals surface area contributed by atoms with Gasteiger partial charge in [-0.3, -0.25) is 9.59 Å². The Morgan fingerprint density at radius 1 is 0.455 bits per heavy atom. The average Bonchev–Trinajstić information content (AvgIpc) is 3.32. The van der Waals surface area contributed by atoms with Crippen LogP contribution >= 0.6 is 0 Å². The van der Waals surface area contributed by atoms with E-state index in [4.69, 9.17) is 18.9 Å². The first-order valence-corrected chi connectivity index (χ1v) is 28.3. The number of rotatable bonds is 49. The Bertz CT molecular complexity index is 1080. The largest absolute Gasteiger partial charge is 0.462 e. The number of unbranched alkanes of at least 4 members (excludes halogenated alkanes) is 36. The fourth-order valence-electron chi connectivity index (χ4n) is 8.95. The van der Waals surface area contributed by atoms with Crippen LogP contribution in [0, 0.1) is 0 Å². The summed E-state index contributed by atoms with van der Waals surface area (Å²) >= 11 is 0. The number of aliphatic hydroxyl groups is 4. The molecule has 0 saturated carbocycles. The summed E-state index contributed by atoms with van der Waals surface area (Å²) in [5.41, 5.74) is 0. The molecule has 390 valence electrons. The lowest BCUT2D eigenvalue weighted by Crippen LogP contribution is -2.59. The van der Waals surface area contributed by atoms with Crippen molar-refractivity contribution >= 4 is 11.9 Å². The van der Waals surface area contributed by atoms with Crippen molar-refractivity contribution in [2.24, 2.45) is 0 Å². The van der Waals surface area contributed by atoms with Crippen LogP contribution in [-0.2, 0) is 28.5 Å². The van der Waals surface area contributed by atoms with Crippen LogP contribution in [0.25, 0.3) is 0 Å². The van der Waals surface area contributed by atoms with Crippen LogP contribution < -0.4 is 0 Å². The molecule has 1 aliphatic heterocycles. The van der Waals surface area contributed by atoms with E-state index in [1.807, 2.05) is 0 Å². The van der Waals surface area contributed by atoms with Gasteiger partial charge in [0.25, 0.3) is 0 Å². The van der Waals surface area contributed by atoms with E-state index in [2.05, 4.69) is 26.0 Å². The van der Waals surface area contributed by atoms with Gasteiger partial charge in [-0.15, -0.1) is 0 Å². The standard InChI is InChI=1S/C56H106O10/c1-3-5-7-9-11-13-15-17-19-21-23-24-25-26-27-29-31-33-35-37-39-41-43-45-52(59)65-49(48-64-56-55(62)54(61)53(60)50(46-57)66-56)47-63-51(58)44-42-40-38-36-34-32-30-28-22-20-18-16-14-12-10-8-6-4-2/h21,23,49-50,53-57,60-62H,3-20,22,24-48H2,1-2H3/b23-21-. The summed E-state index contributed by atoms with van der Waals surface area (Å²) in [6.45, 7) is 3.48. The van der Waals surface area contributed by atoms with Crippen LogP contribution in [0.5, 0.6) is 0 Å². The fraction of sp³-hybridized carbons (Fsp3) is 0.929. The van der Waals surface area contributed by atoms with Gasteiger partial charge >= 0.3 is 11.9 Å². The SMILES string of the molecule is CCCCCCCCCC/C=C\CCCCCCCCCCCCCC(=O)OC(COC(=O)CCCCCCCCCCCCCCCCCCCC)COC1OC(CO)C(O)C(O)C1O. The van der Waals surface area contributed by atoms with E-state index in [9.17, 15) is 30.0 Å². The van der Waals surface area contributed by atoms with Gasteiger partial charge in [0.05, 0.1) is 13.2 Å². The van der Waals surface area contributed by atoms with E-state index in [0.717, 1.165) is 38.5 Å². The molecule has 0 aromatic heterocycles. The quantitative estimate of drug-likeness (QED) is 0.0263. The van der Waals surface area contributed by atoms with Gasteiger partial charge in [-0.2, -0.15) is 0 Å². The monoisotopic (exact) mass is 939 g/mol. The number of hydrogen-bond acceptors (Lipinski definition) is 10.